The summed E-state index contributed by atoms with van der Waals surface area (Å²) in [7, 11) is 3.67. The maximum Gasteiger partial charge on any atom is 0.332 e. The second-order valence-electron chi connectivity index (χ2n) is 5.21. The predicted molar refractivity (Wildman–Crippen MR) is 74.9 cm³/mol. The molecule has 1 saturated heterocycles. The Kier molecular flexibility index (Phi) is 4.98. The summed E-state index contributed by atoms with van der Waals surface area (Å²) in [5, 5.41) is 8.90. The number of ether oxygens (including phenoxy) is 2. The first-order chi connectivity index (χ1) is 9.58. The predicted octanol–water partition coefficient (Wildman–Crippen LogP) is 1.76. The van der Waals surface area contributed by atoms with Crippen LogP contribution in [0.1, 0.15) is 18.4 Å². The lowest BCUT2D eigenvalue weighted by molar-refractivity contribution is -0.149. The Bertz CT molecular complexity index is 446. The molecule has 5 nitrogen and oxygen atoms in total. The van der Waals surface area contributed by atoms with Crippen molar-refractivity contribution in [3.8, 4) is 5.75 Å². The minimum atomic E-state index is -0.856. The quantitative estimate of drug-likeness (QED) is 0.860. The van der Waals surface area contributed by atoms with Gasteiger partial charge in [0, 0.05) is 13.1 Å². The fourth-order valence-electron chi connectivity index (χ4n) is 2.48. The lowest BCUT2D eigenvalue weighted by Gasteiger charge is -2.21. The maximum absolute atomic E-state index is 10.8. The molecule has 2 rings (SSSR count). The molecule has 1 N–H and O–H groups in total. The summed E-state index contributed by atoms with van der Waals surface area (Å²) < 4.78 is 10.6. The van der Waals surface area contributed by atoms with Crippen molar-refractivity contribution in [1.29, 1.82) is 0 Å². The van der Waals surface area contributed by atoms with Crippen LogP contribution in [0.4, 0.5) is 0 Å². The summed E-state index contributed by atoms with van der Waals surface area (Å²) in [6, 6.07) is 7.95. The molecule has 0 saturated carbocycles. The highest BCUT2D eigenvalue weighted by Crippen LogP contribution is 2.21. The molecule has 20 heavy (non-hydrogen) atoms. The minimum Gasteiger partial charge on any atom is -0.497 e. The van der Waals surface area contributed by atoms with Gasteiger partial charge < -0.3 is 14.6 Å². The van der Waals surface area contributed by atoms with Crippen LogP contribution in [0.15, 0.2) is 24.3 Å². The van der Waals surface area contributed by atoms with Crippen LogP contribution in [-0.2, 0) is 16.1 Å². The summed E-state index contributed by atoms with van der Waals surface area (Å²) >= 11 is 0. The van der Waals surface area contributed by atoms with Crippen LogP contribution in [0.25, 0.3) is 0 Å². The summed E-state index contributed by atoms with van der Waals surface area (Å²) in [5.41, 5.74) is 1.20. The van der Waals surface area contributed by atoms with Gasteiger partial charge in [-0.3, -0.25) is 4.90 Å². The number of carbonyl (C=O) groups is 1. The van der Waals surface area contributed by atoms with Crippen LogP contribution in [0, 0.1) is 0 Å². The average Bonchev–Trinajstić information content (AvgIpc) is 2.88. The first-order valence-electron chi connectivity index (χ1n) is 6.78. The highest BCUT2D eigenvalue weighted by molar-refractivity contribution is 5.72. The number of benzene rings is 1. The largest absolute Gasteiger partial charge is 0.497 e. The highest BCUT2D eigenvalue weighted by Gasteiger charge is 2.30. The van der Waals surface area contributed by atoms with E-state index in [-0.39, 0.29) is 6.10 Å². The molecule has 1 aliphatic rings. The molecular weight excluding hydrogens is 258 g/mol. The number of aliphatic carboxylic acids is 1. The van der Waals surface area contributed by atoms with E-state index in [2.05, 4.69) is 4.90 Å². The van der Waals surface area contributed by atoms with Gasteiger partial charge in [-0.2, -0.15) is 0 Å². The number of hydrogen-bond acceptors (Lipinski definition) is 4. The standard InChI is InChI=1S/C15H21NO4/c1-16(9-11-3-5-12(19-2)6-4-11)10-13-7-8-14(20-13)15(17)18/h3-6,13-14H,7-10H2,1-2H3,(H,17,18). The first-order valence-corrected chi connectivity index (χ1v) is 6.78. The van der Waals surface area contributed by atoms with Gasteiger partial charge in [-0.15, -0.1) is 0 Å². The molecule has 1 aromatic carbocycles. The Labute approximate surface area is 119 Å². The second-order valence-corrected chi connectivity index (χ2v) is 5.21. The number of rotatable bonds is 6. The number of likely N-dealkylation sites (N-methyl/N-ethyl adjacent to an activating group) is 1. The van der Waals surface area contributed by atoms with E-state index in [1.54, 1.807) is 7.11 Å². The maximum atomic E-state index is 10.8. The van der Waals surface area contributed by atoms with Crippen LogP contribution in [0.2, 0.25) is 0 Å². The summed E-state index contributed by atoms with van der Waals surface area (Å²) in [6.45, 7) is 1.55. The van der Waals surface area contributed by atoms with Crippen molar-refractivity contribution in [1.82, 2.24) is 4.90 Å². The smallest absolute Gasteiger partial charge is 0.332 e. The SMILES string of the molecule is COc1ccc(CN(C)CC2CCC(C(=O)O)O2)cc1. The normalized spacial score (nSPS) is 22.1. The number of hydrogen-bond donors (Lipinski definition) is 1. The van der Waals surface area contributed by atoms with E-state index in [1.165, 1.54) is 5.56 Å². The second kappa shape index (κ2) is 6.72. The van der Waals surface area contributed by atoms with E-state index in [1.807, 2.05) is 31.3 Å². The fraction of sp³-hybridized carbons (Fsp3) is 0.533. The molecule has 5 heteroatoms. The van der Waals surface area contributed by atoms with Crippen LogP contribution < -0.4 is 4.74 Å². The molecular formula is C15H21NO4. The van der Waals surface area contributed by atoms with E-state index >= 15 is 0 Å². The summed E-state index contributed by atoms with van der Waals surface area (Å²) in [6.07, 6.45) is 0.800. The van der Waals surface area contributed by atoms with Crippen LogP contribution in [0.3, 0.4) is 0 Å². The number of carboxylic acids is 1. The van der Waals surface area contributed by atoms with E-state index in [0.717, 1.165) is 25.3 Å². The minimum absolute atomic E-state index is 0.0133. The zero-order chi connectivity index (χ0) is 14.5. The van der Waals surface area contributed by atoms with Crippen LogP contribution >= 0.6 is 0 Å². The lowest BCUT2D eigenvalue weighted by Crippen LogP contribution is -2.30. The zero-order valence-corrected chi connectivity index (χ0v) is 11.9. The summed E-state index contributed by atoms with van der Waals surface area (Å²) in [4.78, 5) is 13.0. The Balaban J connectivity index is 1.80. The Morgan fingerprint density at radius 3 is 2.65 bits per heavy atom. The van der Waals surface area contributed by atoms with Gasteiger partial charge in [0.15, 0.2) is 6.10 Å². The van der Waals surface area contributed by atoms with Gasteiger partial charge in [-0.1, -0.05) is 12.1 Å². The van der Waals surface area contributed by atoms with Gasteiger partial charge in [0.1, 0.15) is 5.75 Å². The van der Waals surface area contributed by atoms with Crippen LogP contribution in [0.5, 0.6) is 5.75 Å². The Hall–Kier alpha value is -1.59. The van der Waals surface area contributed by atoms with Gasteiger partial charge in [-0.05, 0) is 37.6 Å². The average molecular weight is 279 g/mol. The van der Waals surface area contributed by atoms with Gasteiger partial charge in [0.05, 0.1) is 13.2 Å². The molecule has 1 aliphatic heterocycles. The molecule has 2 unspecified atom stereocenters. The molecule has 2 atom stereocenters. The van der Waals surface area contributed by atoms with Gasteiger partial charge in [-0.25, -0.2) is 4.79 Å². The van der Waals surface area contributed by atoms with E-state index < -0.39 is 12.1 Å². The molecule has 0 radical (unpaired) electrons. The third kappa shape index (κ3) is 3.95. The monoisotopic (exact) mass is 279 g/mol. The van der Waals surface area contributed by atoms with Crippen molar-refractivity contribution in [3.05, 3.63) is 29.8 Å². The van der Waals surface area contributed by atoms with Crippen molar-refractivity contribution in [2.75, 3.05) is 20.7 Å². The molecule has 1 aromatic rings. The Morgan fingerprint density at radius 2 is 2.10 bits per heavy atom. The van der Waals surface area contributed by atoms with Gasteiger partial charge >= 0.3 is 5.97 Å². The highest BCUT2D eigenvalue weighted by atomic mass is 16.5. The van der Waals surface area contributed by atoms with Crippen molar-refractivity contribution in [2.45, 2.75) is 31.6 Å². The van der Waals surface area contributed by atoms with E-state index in [9.17, 15) is 4.79 Å². The van der Waals surface area contributed by atoms with Crippen LogP contribution in [-0.4, -0.2) is 48.9 Å². The number of carboxylic acid groups (broad SMARTS) is 1. The molecule has 0 aliphatic carbocycles. The molecule has 0 bridgehead atoms. The van der Waals surface area contributed by atoms with Crippen molar-refractivity contribution < 1.29 is 19.4 Å². The zero-order valence-electron chi connectivity index (χ0n) is 11.9. The Morgan fingerprint density at radius 1 is 1.40 bits per heavy atom. The lowest BCUT2D eigenvalue weighted by atomic mass is 10.1. The molecule has 110 valence electrons. The van der Waals surface area contributed by atoms with Crippen molar-refractivity contribution in [3.63, 3.8) is 0 Å². The van der Waals surface area contributed by atoms with E-state index in [4.69, 9.17) is 14.6 Å². The molecule has 0 aromatic heterocycles. The summed E-state index contributed by atoms with van der Waals surface area (Å²) in [5.74, 6) is -0.00913. The number of methoxy groups -OCH3 is 1. The fourth-order valence-corrected chi connectivity index (χ4v) is 2.48. The van der Waals surface area contributed by atoms with Crippen molar-refractivity contribution in [2.24, 2.45) is 0 Å². The van der Waals surface area contributed by atoms with E-state index in [0.29, 0.717) is 6.42 Å². The van der Waals surface area contributed by atoms with Crippen molar-refractivity contribution >= 4 is 5.97 Å². The molecule has 1 heterocycles. The number of nitrogens with zero attached hydrogens (tertiary/aromatic N) is 1. The molecule has 0 amide bonds. The van der Waals surface area contributed by atoms with Gasteiger partial charge in [0.25, 0.3) is 0 Å². The third-order valence-corrected chi connectivity index (χ3v) is 3.51. The first kappa shape index (κ1) is 14.8. The topological polar surface area (TPSA) is 59.0 Å². The molecule has 0 spiro atoms. The van der Waals surface area contributed by atoms with Gasteiger partial charge in [0.2, 0.25) is 0 Å². The third-order valence-electron chi connectivity index (χ3n) is 3.51. The molecule has 1 fully saturated rings.